The first-order valence-corrected chi connectivity index (χ1v) is 6.72. The van der Waals surface area contributed by atoms with Gasteiger partial charge in [-0.1, -0.05) is 17.7 Å². The van der Waals surface area contributed by atoms with Gasteiger partial charge in [0.1, 0.15) is 18.2 Å². The minimum absolute atomic E-state index is 0.104. The first kappa shape index (κ1) is 13.3. The molecule has 0 bridgehead atoms. The summed E-state index contributed by atoms with van der Waals surface area (Å²) in [6.07, 6.45) is 0. The van der Waals surface area contributed by atoms with E-state index in [4.69, 9.17) is 4.74 Å². The number of benzene rings is 1. The van der Waals surface area contributed by atoms with Crippen LogP contribution in [-0.4, -0.2) is 37.9 Å². The van der Waals surface area contributed by atoms with Gasteiger partial charge >= 0.3 is 0 Å². The maximum atomic E-state index is 5.73. The molecule has 2 aromatic heterocycles. The Morgan fingerprint density at radius 2 is 2.00 bits per heavy atom. The molecule has 1 atom stereocenters. The van der Waals surface area contributed by atoms with Crippen LogP contribution >= 0.6 is 0 Å². The number of hydrogen-bond donors (Lipinski definition) is 1. The summed E-state index contributed by atoms with van der Waals surface area (Å²) in [7, 11) is 0. The Morgan fingerprint density at radius 1 is 1.19 bits per heavy atom. The van der Waals surface area contributed by atoms with Crippen LogP contribution in [0.1, 0.15) is 12.5 Å². The molecule has 7 heteroatoms. The molecule has 21 heavy (non-hydrogen) atoms. The quantitative estimate of drug-likeness (QED) is 0.768. The van der Waals surface area contributed by atoms with Crippen LogP contribution in [0.2, 0.25) is 0 Å². The number of fused-ring (bicyclic) bond motifs is 1. The van der Waals surface area contributed by atoms with Crippen LogP contribution in [0.4, 0.5) is 5.82 Å². The standard InChI is InChI=1S/C14H16N6O/c1-10-3-5-12(6-4-10)21-9-11(2)15-13-7-8-14-16-18-19-20(14)17-13/h3-8,11H,9H2,1-2H3,(H,15,17). The smallest absolute Gasteiger partial charge is 0.200 e. The van der Waals surface area contributed by atoms with Crippen molar-refractivity contribution in [3.05, 3.63) is 42.0 Å². The Morgan fingerprint density at radius 3 is 2.81 bits per heavy atom. The minimum atomic E-state index is 0.104. The lowest BCUT2D eigenvalue weighted by Gasteiger charge is -2.15. The van der Waals surface area contributed by atoms with Crippen molar-refractivity contribution in [2.24, 2.45) is 0 Å². The second kappa shape index (κ2) is 5.74. The topological polar surface area (TPSA) is 77.2 Å². The van der Waals surface area contributed by atoms with Gasteiger partial charge in [-0.3, -0.25) is 0 Å². The van der Waals surface area contributed by atoms with Crippen molar-refractivity contribution in [1.82, 2.24) is 25.3 Å². The molecule has 108 valence electrons. The van der Waals surface area contributed by atoms with Crippen molar-refractivity contribution >= 4 is 11.5 Å². The first-order valence-electron chi connectivity index (χ1n) is 6.72. The van der Waals surface area contributed by atoms with E-state index in [0.29, 0.717) is 18.1 Å². The van der Waals surface area contributed by atoms with Crippen LogP contribution < -0.4 is 10.1 Å². The molecule has 0 fully saturated rings. The molecule has 0 radical (unpaired) electrons. The van der Waals surface area contributed by atoms with Gasteiger partial charge in [-0.15, -0.1) is 14.8 Å². The van der Waals surface area contributed by atoms with E-state index < -0.39 is 0 Å². The molecule has 1 unspecified atom stereocenters. The predicted molar refractivity (Wildman–Crippen MR) is 78.3 cm³/mol. The summed E-state index contributed by atoms with van der Waals surface area (Å²) in [6, 6.07) is 11.7. The van der Waals surface area contributed by atoms with Gasteiger partial charge in [0.2, 0.25) is 0 Å². The highest BCUT2D eigenvalue weighted by molar-refractivity contribution is 5.42. The fourth-order valence-electron chi connectivity index (χ4n) is 1.88. The van der Waals surface area contributed by atoms with Crippen molar-refractivity contribution in [3.8, 4) is 5.75 Å². The van der Waals surface area contributed by atoms with E-state index in [1.165, 1.54) is 10.2 Å². The highest BCUT2D eigenvalue weighted by Crippen LogP contribution is 2.12. The molecule has 0 saturated heterocycles. The largest absolute Gasteiger partial charge is 0.491 e. The second-order valence-corrected chi connectivity index (χ2v) is 4.91. The molecule has 1 N–H and O–H groups in total. The highest BCUT2D eigenvalue weighted by Gasteiger charge is 2.06. The monoisotopic (exact) mass is 284 g/mol. The van der Waals surface area contributed by atoms with Gasteiger partial charge in [-0.25, -0.2) is 0 Å². The van der Waals surface area contributed by atoms with E-state index in [1.54, 1.807) is 0 Å². The fourth-order valence-corrected chi connectivity index (χ4v) is 1.88. The normalized spacial score (nSPS) is 12.3. The van der Waals surface area contributed by atoms with E-state index in [9.17, 15) is 0 Å². The zero-order chi connectivity index (χ0) is 14.7. The molecule has 3 aromatic rings. The van der Waals surface area contributed by atoms with E-state index in [0.717, 1.165) is 5.75 Å². The van der Waals surface area contributed by atoms with Gasteiger partial charge < -0.3 is 10.1 Å². The predicted octanol–water partition coefficient (Wildman–Crippen LogP) is 1.71. The Kier molecular flexibility index (Phi) is 3.63. The lowest BCUT2D eigenvalue weighted by molar-refractivity contribution is 0.303. The summed E-state index contributed by atoms with van der Waals surface area (Å²) in [5.41, 5.74) is 1.83. The molecule has 0 amide bonds. The number of aromatic nitrogens is 5. The van der Waals surface area contributed by atoms with Crippen LogP contribution in [0.5, 0.6) is 5.75 Å². The molecule has 2 heterocycles. The average molecular weight is 284 g/mol. The molecule has 0 aliphatic heterocycles. The molecule has 0 spiro atoms. The van der Waals surface area contributed by atoms with E-state index in [2.05, 4.69) is 32.9 Å². The van der Waals surface area contributed by atoms with Crippen LogP contribution in [0.25, 0.3) is 5.65 Å². The molecule has 7 nitrogen and oxygen atoms in total. The Labute approximate surface area is 121 Å². The average Bonchev–Trinajstić information content (AvgIpc) is 2.94. The lowest BCUT2D eigenvalue weighted by Crippen LogP contribution is -2.24. The summed E-state index contributed by atoms with van der Waals surface area (Å²) in [5.74, 6) is 1.56. The summed E-state index contributed by atoms with van der Waals surface area (Å²) in [4.78, 5) is 0. The van der Waals surface area contributed by atoms with Gasteiger partial charge in [0, 0.05) is 0 Å². The van der Waals surface area contributed by atoms with Gasteiger partial charge in [0.05, 0.1) is 6.04 Å². The number of anilines is 1. The number of hydrogen-bond acceptors (Lipinski definition) is 6. The number of rotatable bonds is 5. The van der Waals surface area contributed by atoms with Crippen LogP contribution in [0.3, 0.4) is 0 Å². The summed E-state index contributed by atoms with van der Waals surface area (Å²) in [5, 5.41) is 18.6. The van der Waals surface area contributed by atoms with Crippen molar-refractivity contribution in [3.63, 3.8) is 0 Å². The van der Waals surface area contributed by atoms with Gasteiger partial charge in [-0.2, -0.15) is 0 Å². The fraction of sp³-hybridized carbons (Fsp3) is 0.286. The van der Waals surface area contributed by atoms with Crippen molar-refractivity contribution in [2.75, 3.05) is 11.9 Å². The van der Waals surface area contributed by atoms with Gasteiger partial charge in [-0.05, 0) is 48.5 Å². The molecule has 0 saturated carbocycles. The minimum Gasteiger partial charge on any atom is -0.491 e. The van der Waals surface area contributed by atoms with Gasteiger partial charge in [0.15, 0.2) is 5.65 Å². The van der Waals surface area contributed by atoms with Crippen LogP contribution in [0, 0.1) is 6.92 Å². The van der Waals surface area contributed by atoms with E-state index in [-0.39, 0.29) is 6.04 Å². The Hall–Kier alpha value is -2.70. The second-order valence-electron chi connectivity index (χ2n) is 4.91. The van der Waals surface area contributed by atoms with Crippen molar-refractivity contribution in [2.45, 2.75) is 19.9 Å². The SMILES string of the molecule is Cc1ccc(OCC(C)Nc2ccc3nnnn3n2)cc1. The number of aryl methyl sites for hydroxylation is 1. The molecule has 0 aliphatic rings. The van der Waals surface area contributed by atoms with Gasteiger partial charge in [0.25, 0.3) is 0 Å². The number of tetrazole rings is 1. The number of nitrogens with zero attached hydrogens (tertiary/aromatic N) is 5. The van der Waals surface area contributed by atoms with E-state index >= 15 is 0 Å². The molecule has 1 aromatic carbocycles. The van der Waals surface area contributed by atoms with Crippen LogP contribution in [0.15, 0.2) is 36.4 Å². The van der Waals surface area contributed by atoms with Crippen molar-refractivity contribution < 1.29 is 4.74 Å². The highest BCUT2D eigenvalue weighted by atomic mass is 16.5. The van der Waals surface area contributed by atoms with Crippen LogP contribution in [-0.2, 0) is 0 Å². The van der Waals surface area contributed by atoms with E-state index in [1.807, 2.05) is 43.3 Å². The van der Waals surface area contributed by atoms with Crippen molar-refractivity contribution in [1.29, 1.82) is 0 Å². The Balaban J connectivity index is 1.58. The maximum Gasteiger partial charge on any atom is 0.200 e. The third-order valence-electron chi connectivity index (χ3n) is 2.98. The molecular formula is C14H16N6O. The molecule has 0 aliphatic carbocycles. The lowest BCUT2D eigenvalue weighted by atomic mass is 10.2. The maximum absolute atomic E-state index is 5.73. The zero-order valence-electron chi connectivity index (χ0n) is 11.9. The third kappa shape index (κ3) is 3.25. The molecular weight excluding hydrogens is 268 g/mol. The third-order valence-corrected chi connectivity index (χ3v) is 2.98. The first-order chi connectivity index (χ1) is 10.2. The zero-order valence-corrected chi connectivity index (χ0v) is 11.9. The molecule has 3 rings (SSSR count). The summed E-state index contributed by atoms with van der Waals surface area (Å²) < 4.78 is 7.11. The number of ether oxygens (including phenoxy) is 1. The summed E-state index contributed by atoms with van der Waals surface area (Å²) in [6.45, 7) is 4.62. The number of nitrogens with one attached hydrogen (secondary N) is 1. The summed E-state index contributed by atoms with van der Waals surface area (Å²) >= 11 is 0. The Bertz CT molecular complexity index is 724.